The zero-order valence-electron chi connectivity index (χ0n) is 8.55. The molecule has 0 aromatic rings. The van der Waals surface area contributed by atoms with Gasteiger partial charge in [-0.3, -0.25) is 0 Å². The predicted molar refractivity (Wildman–Crippen MR) is 51.3 cm³/mol. The van der Waals surface area contributed by atoms with Crippen LogP contribution in [0.25, 0.3) is 0 Å². The molecular formula is C10H21NO. The molecule has 0 amide bonds. The fourth-order valence-electron chi connectivity index (χ4n) is 1.87. The molecule has 0 atom stereocenters. The monoisotopic (exact) mass is 171 g/mol. The minimum Gasteiger partial charge on any atom is -0.384 e. The third-order valence-corrected chi connectivity index (χ3v) is 2.78. The lowest BCUT2D eigenvalue weighted by Gasteiger charge is -2.34. The van der Waals surface area contributed by atoms with E-state index in [1.54, 1.807) is 7.11 Å². The van der Waals surface area contributed by atoms with E-state index in [0.29, 0.717) is 6.04 Å². The maximum Gasteiger partial charge on any atom is 0.0491 e. The molecule has 72 valence electrons. The Hall–Kier alpha value is -0.0800. The summed E-state index contributed by atoms with van der Waals surface area (Å²) in [4.78, 5) is 2.55. The molecule has 0 aromatic carbocycles. The van der Waals surface area contributed by atoms with Crippen LogP contribution < -0.4 is 0 Å². The van der Waals surface area contributed by atoms with Crippen molar-refractivity contribution in [2.75, 3.05) is 26.8 Å². The topological polar surface area (TPSA) is 12.5 Å². The molecular weight excluding hydrogens is 150 g/mol. The van der Waals surface area contributed by atoms with E-state index in [9.17, 15) is 0 Å². The molecule has 0 aliphatic carbocycles. The summed E-state index contributed by atoms with van der Waals surface area (Å²) in [7, 11) is 1.80. The molecule has 1 aliphatic heterocycles. The summed E-state index contributed by atoms with van der Waals surface area (Å²) in [6.07, 6.45) is 2.62. The van der Waals surface area contributed by atoms with E-state index in [1.165, 1.54) is 25.9 Å². The molecule has 0 bridgehead atoms. The van der Waals surface area contributed by atoms with E-state index in [4.69, 9.17) is 4.74 Å². The Morgan fingerprint density at radius 3 is 2.33 bits per heavy atom. The Morgan fingerprint density at radius 2 is 1.92 bits per heavy atom. The van der Waals surface area contributed by atoms with Crippen LogP contribution in [0.3, 0.4) is 0 Å². The van der Waals surface area contributed by atoms with Crippen molar-refractivity contribution in [3.8, 4) is 0 Å². The number of ether oxygens (including phenoxy) is 1. The molecule has 0 spiro atoms. The number of likely N-dealkylation sites (tertiary alicyclic amines) is 1. The molecule has 0 radical (unpaired) electrons. The van der Waals surface area contributed by atoms with Crippen LogP contribution in [0.4, 0.5) is 0 Å². The van der Waals surface area contributed by atoms with Crippen LogP contribution in [0.1, 0.15) is 26.7 Å². The highest BCUT2D eigenvalue weighted by Gasteiger charge is 2.20. The van der Waals surface area contributed by atoms with E-state index in [-0.39, 0.29) is 0 Å². The molecule has 0 saturated carbocycles. The summed E-state index contributed by atoms with van der Waals surface area (Å²) in [5.41, 5.74) is 0. The van der Waals surface area contributed by atoms with Crippen molar-refractivity contribution < 1.29 is 4.74 Å². The lowest BCUT2D eigenvalue weighted by molar-refractivity contribution is 0.0870. The number of hydrogen-bond donors (Lipinski definition) is 0. The smallest absolute Gasteiger partial charge is 0.0491 e. The van der Waals surface area contributed by atoms with Gasteiger partial charge in [-0.25, -0.2) is 0 Å². The minimum atomic E-state index is 0.716. The first-order chi connectivity index (χ1) is 5.74. The van der Waals surface area contributed by atoms with Crippen molar-refractivity contribution >= 4 is 0 Å². The van der Waals surface area contributed by atoms with E-state index < -0.39 is 0 Å². The Bertz CT molecular complexity index is 117. The van der Waals surface area contributed by atoms with Gasteiger partial charge < -0.3 is 9.64 Å². The van der Waals surface area contributed by atoms with Gasteiger partial charge in [-0.05, 0) is 45.7 Å². The molecule has 1 saturated heterocycles. The summed E-state index contributed by atoms with van der Waals surface area (Å²) in [5, 5.41) is 0. The third-order valence-electron chi connectivity index (χ3n) is 2.78. The molecule has 1 aliphatic rings. The van der Waals surface area contributed by atoms with E-state index in [0.717, 1.165) is 12.5 Å². The number of nitrogens with zero attached hydrogens (tertiary/aromatic N) is 1. The standard InChI is InChI=1S/C10H21NO/c1-9(2)11-6-4-10(5-7-11)8-12-3/h9-10H,4-8H2,1-3H3. The second-order valence-electron chi connectivity index (χ2n) is 4.03. The van der Waals surface area contributed by atoms with Crippen LogP contribution in [0, 0.1) is 5.92 Å². The molecule has 0 N–H and O–H groups in total. The Balaban J connectivity index is 2.20. The van der Waals surface area contributed by atoms with Crippen LogP contribution in [0.15, 0.2) is 0 Å². The van der Waals surface area contributed by atoms with Crippen molar-refractivity contribution in [1.29, 1.82) is 0 Å². The number of methoxy groups -OCH3 is 1. The average Bonchev–Trinajstić information content (AvgIpc) is 2.06. The first kappa shape index (κ1) is 10.0. The summed E-state index contributed by atoms with van der Waals surface area (Å²) in [6, 6.07) is 0.716. The molecule has 0 unspecified atom stereocenters. The predicted octanol–water partition coefficient (Wildman–Crippen LogP) is 1.75. The average molecular weight is 171 g/mol. The van der Waals surface area contributed by atoms with Crippen molar-refractivity contribution in [2.24, 2.45) is 5.92 Å². The maximum atomic E-state index is 5.16. The minimum absolute atomic E-state index is 0.716. The number of hydrogen-bond acceptors (Lipinski definition) is 2. The highest BCUT2D eigenvalue weighted by Crippen LogP contribution is 2.18. The molecule has 1 fully saturated rings. The maximum absolute atomic E-state index is 5.16. The zero-order chi connectivity index (χ0) is 8.97. The fourth-order valence-corrected chi connectivity index (χ4v) is 1.87. The first-order valence-corrected chi connectivity index (χ1v) is 4.97. The first-order valence-electron chi connectivity index (χ1n) is 4.97. The molecule has 0 aromatic heterocycles. The molecule has 12 heavy (non-hydrogen) atoms. The second-order valence-corrected chi connectivity index (χ2v) is 4.03. The van der Waals surface area contributed by atoms with Crippen molar-refractivity contribution in [3.05, 3.63) is 0 Å². The quantitative estimate of drug-likeness (QED) is 0.641. The molecule has 2 nitrogen and oxygen atoms in total. The normalized spacial score (nSPS) is 22.0. The van der Waals surface area contributed by atoms with Gasteiger partial charge >= 0.3 is 0 Å². The van der Waals surface area contributed by atoms with Gasteiger partial charge in [-0.15, -0.1) is 0 Å². The van der Waals surface area contributed by atoms with E-state index in [1.807, 2.05) is 0 Å². The highest BCUT2D eigenvalue weighted by molar-refractivity contribution is 4.73. The lowest BCUT2D eigenvalue weighted by Crippen LogP contribution is -2.39. The Morgan fingerprint density at radius 1 is 1.33 bits per heavy atom. The zero-order valence-corrected chi connectivity index (χ0v) is 8.55. The second kappa shape index (κ2) is 4.83. The van der Waals surface area contributed by atoms with Gasteiger partial charge in [0.25, 0.3) is 0 Å². The van der Waals surface area contributed by atoms with E-state index in [2.05, 4.69) is 18.7 Å². The van der Waals surface area contributed by atoms with Gasteiger partial charge in [0, 0.05) is 19.8 Å². The number of rotatable bonds is 3. The van der Waals surface area contributed by atoms with Crippen LogP contribution in [0.2, 0.25) is 0 Å². The van der Waals surface area contributed by atoms with Crippen molar-refractivity contribution in [1.82, 2.24) is 4.90 Å². The largest absolute Gasteiger partial charge is 0.384 e. The third kappa shape index (κ3) is 2.76. The summed E-state index contributed by atoms with van der Waals surface area (Å²) in [5.74, 6) is 0.810. The van der Waals surface area contributed by atoms with Gasteiger partial charge in [0.1, 0.15) is 0 Å². The molecule has 1 heterocycles. The van der Waals surface area contributed by atoms with Gasteiger partial charge in [0.05, 0.1) is 0 Å². The highest BCUT2D eigenvalue weighted by atomic mass is 16.5. The van der Waals surface area contributed by atoms with E-state index >= 15 is 0 Å². The van der Waals surface area contributed by atoms with Crippen LogP contribution in [-0.2, 0) is 4.74 Å². The van der Waals surface area contributed by atoms with Crippen LogP contribution in [-0.4, -0.2) is 37.7 Å². The fraction of sp³-hybridized carbons (Fsp3) is 1.00. The van der Waals surface area contributed by atoms with Crippen LogP contribution >= 0.6 is 0 Å². The summed E-state index contributed by atoms with van der Waals surface area (Å²) < 4.78 is 5.16. The van der Waals surface area contributed by atoms with Crippen molar-refractivity contribution in [2.45, 2.75) is 32.7 Å². The van der Waals surface area contributed by atoms with Crippen LogP contribution in [0.5, 0.6) is 0 Å². The molecule has 1 rings (SSSR count). The molecule has 2 heteroatoms. The van der Waals surface area contributed by atoms with Gasteiger partial charge in [-0.2, -0.15) is 0 Å². The lowest BCUT2D eigenvalue weighted by atomic mass is 9.97. The van der Waals surface area contributed by atoms with Crippen molar-refractivity contribution in [3.63, 3.8) is 0 Å². The Labute approximate surface area is 75.9 Å². The van der Waals surface area contributed by atoms with Gasteiger partial charge in [-0.1, -0.05) is 0 Å². The van der Waals surface area contributed by atoms with Gasteiger partial charge in [0.15, 0.2) is 0 Å². The Kier molecular flexibility index (Phi) is 4.02. The SMILES string of the molecule is COCC1CCN(C(C)C)CC1. The summed E-state index contributed by atoms with van der Waals surface area (Å²) >= 11 is 0. The van der Waals surface area contributed by atoms with Gasteiger partial charge in [0.2, 0.25) is 0 Å². The summed E-state index contributed by atoms with van der Waals surface area (Å²) in [6.45, 7) is 8.01. The number of piperidine rings is 1.